The lowest BCUT2D eigenvalue weighted by Gasteiger charge is -2.04. The SMILES string of the molecule is COc1ccc2c(c1)C(=O)c1cccc(O)c1-2. The molecule has 0 atom stereocenters. The van der Waals surface area contributed by atoms with E-state index in [-0.39, 0.29) is 11.5 Å². The van der Waals surface area contributed by atoms with Gasteiger partial charge in [-0.15, -0.1) is 0 Å². The molecule has 0 spiro atoms. The first-order chi connectivity index (χ1) is 8.22. The maximum absolute atomic E-state index is 12.1. The van der Waals surface area contributed by atoms with Crippen molar-refractivity contribution in [2.45, 2.75) is 0 Å². The molecule has 0 aromatic heterocycles. The first-order valence-corrected chi connectivity index (χ1v) is 5.27. The number of carbonyl (C=O) groups is 1. The van der Waals surface area contributed by atoms with Crippen LogP contribution in [0.4, 0.5) is 0 Å². The molecule has 17 heavy (non-hydrogen) atoms. The topological polar surface area (TPSA) is 46.5 Å². The van der Waals surface area contributed by atoms with Crippen LogP contribution < -0.4 is 4.74 Å². The van der Waals surface area contributed by atoms with Gasteiger partial charge >= 0.3 is 0 Å². The van der Waals surface area contributed by atoms with Crippen LogP contribution in [0.2, 0.25) is 0 Å². The lowest BCUT2D eigenvalue weighted by atomic mass is 10.0. The number of ketones is 1. The lowest BCUT2D eigenvalue weighted by Crippen LogP contribution is -1.95. The van der Waals surface area contributed by atoms with E-state index in [1.807, 2.05) is 0 Å². The average Bonchev–Trinajstić information content (AvgIpc) is 2.64. The van der Waals surface area contributed by atoms with Gasteiger partial charge in [-0.25, -0.2) is 0 Å². The van der Waals surface area contributed by atoms with Crippen molar-refractivity contribution >= 4 is 5.78 Å². The molecule has 0 amide bonds. The van der Waals surface area contributed by atoms with E-state index in [0.717, 1.165) is 5.56 Å². The summed E-state index contributed by atoms with van der Waals surface area (Å²) < 4.78 is 5.10. The van der Waals surface area contributed by atoms with Gasteiger partial charge in [-0.1, -0.05) is 12.1 Å². The predicted molar refractivity (Wildman–Crippen MR) is 63.5 cm³/mol. The highest BCUT2D eigenvalue weighted by Crippen LogP contribution is 2.42. The summed E-state index contributed by atoms with van der Waals surface area (Å²) in [6.07, 6.45) is 0. The highest BCUT2D eigenvalue weighted by atomic mass is 16.5. The van der Waals surface area contributed by atoms with Gasteiger partial charge in [-0.3, -0.25) is 4.79 Å². The summed E-state index contributed by atoms with van der Waals surface area (Å²) in [5.41, 5.74) is 2.52. The van der Waals surface area contributed by atoms with Gasteiger partial charge in [0.05, 0.1) is 7.11 Å². The summed E-state index contributed by atoms with van der Waals surface area (Å²) in [6, 6.07) is 10.3. The largest absolute Gasteiger partial charge is 0.507 e. The Hall–Kier alpha value is -2.29. The highest BCUT2D eigenvalue weighted by molar-refractivity contribution is 6.22. The standard InChI is InChI=1S/C14H10O3/c1-17-8-5-6-9-11(7-8)14(16)10-3-2-4-12(15)13(9)10/h2-7,15H,1H3. The molecule has 2 aromatic rings. The molecule has 2 aromatic carbocycles. The van der Waals surface area contributed by atoms with Gasteiger partial charge < -0.3 is 9.84 Å². The van der Waals surface area contributed by atoms with Gasteiger partial charge in [0.25, 0.3) is 0 Å². The Bertz CT molecular complexity index is 629. The zero-order valence-electron chi connectivity index (χ0n) is 9.23. The minimum absolute atomic E-state index is 0.0650. The van der Waals surface area contributed by atoms with E-state index < -0.39 is 0 Å². The van der Waals surface area contributed by atoms with Crippen molar-refractivity contribution in [2.75, 3.05) is 7.11 Å². The zero-order valence-corrected chi connectivity index (χ0v) is 9.23. The minimum Gasteiger partial charge on any atom is -0.507 e. The highest BCUT2D eigenvalue weighted by Gasteiger charge is 2.29. The van der Waals surface area contributed by atoms with Crippen LogP contribution in [0.5, 0.6) is 11.5 Å². The summed E-state index contributed by atoms with van der Waals surface area (Å²) >= 11 is 0. The van der Waals surface area contributed by atoms with Crippen LogP contribution in [0.15, 0.2) is 36.4 Å². The Kier molecular flexibility index (Phi) is 1.95. The number of hydrogen-bond acceptors (Lipinski definition) is 3. The van der Waals surface area contributed by atoms with Gasteiger partial charge in [-0.2, -0.15) is 0 Å². The first-order valence-electron chi connectivity index (χ1n) is 5.27. The fourth-order valence-electron chi connectivity index (χ4n) is 2.21. The number of hydrogen-bond donors (Lipinski definition) is 1. The second kappa shape index (κ2) is 3.35. The molecular weight excluding hydrogens is 216 g/mol. The number of phenols is 1. The lowest BCUT2D eigenvalue weighted by molar-refractivity contribution is 0.104. The third kappa shape index (κ3) is 1.25. The summed E-state index contributed by atoms with van der Waals surface area (Å²) in [5.74, 6) is 0.717. The van der Waals surface area contributed by atoms with E-state index in [2.05, 4.69) is 0 Å². The van der Waals surface area contributed by atoms with Crippen molar-refractivity contribution in [1.29, 1.82) is 0 Å². The molecule has 1 aliphatic rings. The van der Waals surface area contributed by atoms with Crippen molar-refractivity contribution in [3.63, 3.8) is 0 Å². The van der Waals surface area contributed by atoms with E-state index in [1.165, 1.54) is 0 Å². The summed E-state index contributed by atoms with van der Waals surface area (Å²) in [5, 5.41) is 9.84. The third-order valence-corrected chi connectivity index (χ3v) is 3.03. The predicted octanol–water partition coefficient (Wildman–Crippen LogP) is 2.61. The van der Waals surface area contributed by atoms with Crippen molar-refractivity contribution in [2.24, 2.45) is 0 Å². The van der Waals surface area contributed by atoms with Crippen molar-refractivity contribution < 1.29 is 14.6 Å². The molecule has 0 radical (unpaired) electrons. The number of aromatic hydroxyl groups is 1. The van der Waals surface area contributed by atoms with Crippen LogP contribution >= 0.6 is 0 Å². The molecular formula is C14H10O3. The second-order valence-electron chi connectivity index (χ2n) is 3.94. The molecule has 1 N–H and O–H groups in total. The number of methoxy groups -OCH3 is 1. The number of carbonyl (C=O) groups excluding carboxylic acids is 1. The maximum atomic E-state index is 12.1. The number of benzene rings is 2. The Morgan fingerprint density at radius 3 is 2.65 bits per heavy atom. The first kappa shape index (κ1) is 9.90. The molecule has 3 nitrogen and oxygen atoms in total. The third-order valence-electron chi connectivity index (χ3n) is 3.03. The molecule has 0 bridgehead atoms. The van der Waals surface area contributed by atoms with Crippen LogP contribution in [0.3, 0.4) is 0 Å². The quantitative estimate of drug-likeness (QED) is 0.693. The van der Waals surface area contributed by atoms with Crippen molar-refractivity contribution in [1.82, 2.24) is 0 Å². The van der Waals surface area contributed by atoms with E-state index in [4.69, 9.17) is 4.74 Å². The molecule has 1 aliphatic carbocycles. The summed E-state index contributed by atoms with van der Waals surface area (Å²) in [7, 11) is 1.56. The van der Waals surface area contributed by atoms with E-state index in [1.54, 1.807) is 43.5 Å². The molecule has 0 heterocycles. The van der Waals surface area contributed by atoms with Gasteiger partial charge in [0.1, 0.15) is 11.5 Å². The number of phenolic OH excluding ortho intramolecular Hbond substituents is 1. The number of fused-ring (bicyclic) bond motifs is 3. The number of ether oxygens (including phenoxy) is 1. The van der Waals surface area contributed by atoms with Crippen LogP contribution in [-0.2, 0) is 0 Å². The van der Waals surface area contributed by atoms with Crippen LogP contribution in [0.25, 0.3) is 11.1 Å². The molecule has 3 rings (SSSR count). The maximum Gasteiger partial charge on any atom is 0.194 e. The monoisotopic (exact) mass is 226 g/mol. The van der Waals surface area contributed by atoms with Gasteiger partial charge in [0.15, 0.2) is 5.78 Å². The fourth-order valence-corrected chi connectivity index (χ4v) is 2.21. The Labute approximate surface area is 98.3 Å². The van der Waals surface area contributed by atoms with Crippen molar-refractivity contribution in [3.05, 3.63) is 47.5 Å². The van der Waals surface area contributed by atoms with E-state index >= 15 is 0 Å². The van der Waals surface area contributed by atoms with Gasteiger partial charge in [-0.05, 0) is 29.8 Å². The van der Waals surface area contributed by atoms with Crippen LogP contribution in [0, 0.1) is 0 Å². The molecule has 0 saturated carbocycles. The second-order valence-corrected chi connectivity index (χ2v) is 3.94. The fraction of sp³-hybridized carbons (Fsp3) is 0.0714. The van der Waals surface area contributed by atoms with Gasteiger partial charge in [0.2, 0.25) is 0 Å². The summed E-state index contributed by atoms with van der Waals surface area (Å²) in [6.45, 7) is 0. The molecule has 84 valence electrons. The van der Waals surface area contributed by atoms with E-state index in [0.29, 0.717) is 22.4 Å². The minimum atomic E-state index is -0.0650. The molecule has 0 fully saturated rings. The smallest absolute Gasteiger partial charge is 0.194 e. The number of rotatable bonds is 1. The van der Waals surface area contributed by atoms with Gasteiger partial charge in [0, 0.05) is 16.7 Å². The Morgan fingerprint density at radius 2 is 1.88 bits per heavy atom. The zero-order chi connectivity index (χ0) is 12.0. The molecule has 0 aliphatic heterocycles. The Morgan fingerprint density at radius 1 is 1.06 bits per heavy atom. The molecule has 3 heteroatoms. The van der Waals surface area contributed by atoms with Crippen molar-refractivity contribution in [3.8, 4) is 22.6 Å². The van der Waals surface area contributed by atoms with E-state index in [9.17, 15) is 9.90 Å². The molecule has 0 unspecified atom stereocenters. The average molecular weight is 226 g/mol. The Balaban J connectivity index is 2.32. The molecule has 0 saturated heterocycles. The van der Waals surface area contributed by atoms with Crippen LogP contribution in [-0.4, -0.2) is 18.0 Å². The normalized spacial score (nSPS) is 12.2. The van der Waals surface area contributed by atoms with Crippen LogP contribution in [0.1, 0.15) is 15.9 Å². The summed E-state index contributed by atoms with van der Waals surface area (Å²) in [4.78, 5) is 12.1.